The van der Waals surface area contributed by atoms with Gasteiger partial charge >= 0.3 is 5.97 Å². The molecule has 1 N–H and O–H groups in total. The van der Waals surface area contributed by atoms with Crippen LogP contribution in [0.2, 0.25) is 0 Å². The zero-order valence-corrected chi connectivity index (χ0v) is 15.4. The molecule has 0 fully saturated rings. The van der Waals surface area contributed by atoms with Gasteiger partial charge in [-0.05, 0) is 31.5 Å². The van der Waals surface area contributed by atoms with Crippen molar-refractivity contribution in [2.45, 2.75) is 37.8 Å². The molecule has 1 aromatic carbocycles. The van der Waals surface area contributed by atoms with E-state index in [0.29, 0.717) is 9.75 Å². The third-order valence-corrected chi connectivity index (χ3v) is 7.14. The second-order valence-corrected chi connectivity index (χ2v) is 8.82. The quantitative estimate of drug-likeness (QED) is 0.837. The molecule has 0 aliphatic carbocycles. The van der Waals surface area contributed by atoms with Crippen molar-refractivity contribution in [3.63, 3.8) is 0 Å². The molecule has 5 nitrogen and oxygen atoms in total. The molecule has 130 valence electrons. The van der Waals surface area contributed by atoms with Crippen LogP contribution >= 0.6 is 11.3 Å². The van der Waals surface area contributed by atoms with Gasteiger partial charge in [-0.25, -0.2) is 8.42 Å². The number of benzene rings is 1. The van der Waals surface area contributed by atoms with Crippen molar-refractivity contribution in [1.29, 1.82) is 0 Å². The first kappa shape index (κ1) is 17.7. The SMILES string of the molecule is CCC(C(=O)O)N1Cc2sc(C#Cc3ccc(C)cc3)cc2S1(=O)=O. The molecule has 1 atom stereocenters. The van der Waals surface area contributed by atoms with Gasteiger partial charge in [0.05, 0.1) is 16.3 Å². The number of nitrogens with zero attached hydrogens (tertiary/aromatic N) is 1. The molecule has 25 heavy (non-hydrogen) atoms. The fourth-order valence-corrected chi connectivity index (χ4v) is 5.95. The Morgan fingerprint density at radius 1 is 1.32 bits per heavy atom. The molecule has 0 radical (unpaired) electrons. The smallest absolute Gasteiger partial charge is 0.322 e. The van der Waals surface area contributed by atoms with Gasteiger partial charge in [-0.3, -0.25) is 4.79 Å². The molecule has 2 heterocycles. The number of carboxylic acid groups (broad SMARTS) is 1. The van der Waals surface area contributed by atoms with Crippen LogP contribution in [0.25, 0.3) is 0 Å². The van der Waals surface area contributed by atoms with Gasteiger partial charge in [0.25, 0.3) is 0 Å². The van der Waals surface area contributed by atoms with E-state index in [9.17, 15) is 18.3 Å². The average molecular weight is 375 g/mol. The Morgan fingerprint density at radius 2 is 2.00 bits per heavy atom. The molecular formula is C18H17NO4S2. The summed E-state index contributed by atoms with van der Waals surface area (Å²) in [6.45, 7) is 3.76. The van der Waals surface area contributed by atoms with Crippen LogP contribution in [0.15, 0.2) is 35.2 Å². The van der Waals surface area contributed by atoms with Crippen LogP contribution in [0.1, 0.15) is 34.2 Å². The van der Waals surface area contributed by atoms with Crippen LogP contribution in [0.5, 0.6) is 0 Å². The normalized spacial score (nSPS) is 16.7. The maximum Gasteiger partial charge on any atom is 0.322 e. The number of aliphatic carboxylic acids is 1. The Hall–Kier alpha value is -2.14. The first-order valence-electron chi connectivity index (χ1n) is 7.79. The average Bonchev–Trinajstić information content (AvgIpc) is 3.06. The van der Waals surface area contributed by atoms with Crippen LogP contribution in [0.4, 0.5) is 0 Å². The summed E-state index contributed by atoms with van der Waals surface area (Å²) >= 11 is 1.30. The Kier molecular flexibility index (Phi) is 4.69. The fraction of sp³-hybridized carbons (Fsp3) is 0.278. The number of hydrogen-bond acceptors (Lipinski definition) is 4. The predicted molar refractivity (Wildman–Crippen MR) is 95.9 cm³/mol. The highest BCUT2D eigenvalue weighted by atomic mass is 32.2. The van der Waals surface area contributed by atoms with Crippen molar-refractivity contribution in [2.24, 2.45) is 0 Å². The maximum atomic E-state index is 12.6. The van der Waals surface area contributed by atoms with E-state index in [2.05, 4.69) is 11.8 Å². The first-order chi connectivity index (χ1) is 11.8. The largest absolute Gasteiger partial charge is 0.480 e. The number of carbonyl (C=O) groups is 1. The summed E-state index contributed by atoms with van der Waals surface area (Å²) in [6, 6.07) is 8.29. The number of rotatable bonds is 3. The molecule has 1 unspecified atom stereocenters. The second kappa shape index (κ2) is 6.64. The van der Waals surface area contributed by atoms with E-state index in [4.69, 9.17) is 0 Å². The molecule has 1 aliphatic rings. The van der Waals surface area contributed by atoms with Crippen LogP contribution in [0.3, 0.4) is 0 Å². The van der Waals surface area contributed by atoms with Gasteiger partial charge < -0.3 is 5.11 Å². The maximum absolute atomic E-state index is 12.6. The minimum atomic E-state index is -3.78. The molecule has 1 aromatic heterocycles. The zero-order valence-electron chi connectivity index (χ0n) is 13.8. The molecule has 0 amide bonds. The van der Waals surface area contributed by atoms with E-state index in [0.717, 1.165) is 15.4 Å². The standard InChI is InChI=1S/C18H17NO4S2/c1-3-15(18(20)21)19-11-16-17(25(19,22)23)10-14(24-16)9-8-13-6-4-12(2)5-7-13/h4-7,10,15H,3,11H2,1-2H3,(H,20,21). The molecule has 3 rings (SSSR count). The third kappa shape index (κ3) is 3.33. The molecule has 2 aromatic rings. The number of carboxylic acids is 1. The molecule has 1 aliphatic heterocycles. The lowest BCUT2D eigenvalue weighted by Gasteiger charge is -2.21. The highest BCUT2D eigenvalue weighted by Crippen LogP contribution is 2.38. The van der Waals surface area contributed by atoms with Gasteiger partial charge in [0, 0.05) is 10.4 Å². The molecule has 0 saturated heterocycles. The Labute approximate surface area is 151 Å². The monoisotopic (exact) mass is 375 g/mol. The summed E-state index contributed by atoms with van der Waals surface area (Å²) in [7, 11) is -3.78. The summed E-state index contributed by atoms with van der Waals surface area (Å²) in [5, 5.41) is 9.24. The van der Waals surface area contributed by atoms with E-state index in [1.165, 1.54) is 11.3 Å². The van der Waals surface area contributed by atoms with Gasteiger partial charge in [0.1, 0.15) is 6.04 Å². The lowest BCUT2D eigenvalue weighted by atomic mass is 10.1. The minimum absolute atomic E-state index is 0.0966. The van der Waals surface area contributed by atoms with Crippen molar-refractivity contribution in [3.8, 4) is 11.8 Å². The zero-order chi connectivity index (χ0) is 18.2. The summed E-state index contributed by atoms with van der Waals surface area (Å²) in [4.78, 5) is 12.8. The van der Waals surface area contributed by atoms with Crippen LogP contribution in [-0.2, 0) is 21.4 Å². The lowest BCUT2D eigenvalue weighted by Crippen LogP contribution is -2.40. The molecular weight excluding hydrogens is 358 g/mol. The minimum Gasteiger partial charge on any atom is -0.480 e. The number of fused-ring (bicyclic) bond motifs is 1. The summed E-state index contributed by atoms with van der Waals surface area (Å²) < 4.78 is 26.3. The fourth-order valence-electron chi connectivity index (χ4n) is 2.70. The Morgan fingerprint density at radius 3 is 2.56 bits per heavy atom. The molecule has 0 bridgehead atoms. The Bertz CT molecular complexity index is 978. The van der Waals surface area contributed by atoms with Gasteiger partial charge in [0.15, 0.2) is 0 Å². The second-order valence-electron chi connectivity index (χ2n) is 5.83. The molecule has 0 saturated carbocycles. The highest BCUT2D eigenvalue weighted by molar-refractivity contribution is 7.89. The molecule has 0 spiro atoms. The van der Waals surface area contributed by atoms with E-state index < -0.39 is 22.0 Å². The van der Waals surface area contributed by atoms with Crippen molar-refractivity contribution < 1.29 is 18.3 Å². The highest BCUT2D eigenvalue weighted by Gasteiger charge is 2.42. The van der Waals surface area contributed by atoms with Gasteiger partial charge in [-0.2, -0.15) is 4.31 Å². The molecule has 7 heteroatoms. The van der Waals surface area contributed by atoms with Crippen LogP contribution in [-0.4, -0.2) is 29.8 Å². The van der Waals surface area contributed by atoms with E-state index >= 15 is 0 Å². The van der Waals surface area contributed by atoms with Gasteiger partial charge in [0.2, 0.25) is 10.0 Å². The topological polar surface area (TPSA) is 74.7 Å². The van der Waals surface area contributed by atoms with E-state index in [1.54, 1.807) is 13.0 Å². The summed E-state index contributed by atoms with van der Waals surface area (Å²) in [5.74, 6) is 4.90. The Balaban J connectivity index is 1.89. The lowest BCUT2D eigenvalue weighted by molar-refractivity contribution is -0.141. The van der Waals surface area contributed by atoms with Crippen LogP contribution in [0, 0.1) is 18.8 Å². The third-order valence-electron chi connectivity index (χ3n) is 4.06. The summed E-state index contributed by atoms with van der Waals surface area (Å²) in [5.41, 5.74) is 2.01. The first-order valence-corrected chi connectivity index (χ1v) is 10.0. The number of thiophene rings is 1. The van der Waals surface area contributed by atoms with Crippen molar-refractivity contribution >= 4 is 27.3 Å². The van der Waals surface area contributed by atoms with Gasteiger partial charge in [-0.1, -0.05) is 36.5 Å². The van der Waals surface area contributed by atoms with Crippen molar-refractivity contribution in [1.82, 2.24) is 4.31 Å². The van der Waals surface area contributed by atoms with Crippen molar-refractivity contribution in [3.05, 3.63) is 51.2 Å². The van der Waals surface area contributed by atoms with Crippen molar-refractivity contribution in [2.75, 3.05) is 0 Å². The van der Waals surface area contributed by atoms with Crippen LogP contribution < -0.4 is 0 Å². The summed E-state index contributed by atoms with van der Waals surface area (Å²) in [6.07, 6.45) is 0.226. The van der Waals surface area contributed by atoms with Gasteiger partial charge in [-0.15, -0.1) is 11.3 Å². The number of aryl methyl sites for hydroxylation is 1. The number of hydrogen-bond donors (Lipinski definition) is 1. The number of sulfonamides is 1. The predicted octanol–water partition coefficient (Wildman–Crippen LogP) is 2.82. The van der Waals surface area contributed by atoms with E-state index in [-0.39, 0.29) is 17.9 Å². The van der Waals surface area contributed by atoms with E-state index in [1.807, 2.05) is 31.2 Å².